The van der Waals surface area contributed by atoms with Crippen LogP contribution in [-0.2, 0) is 9.59 Å². The molecule has 0 bridgehead atoms. The van der Waals surface area contributed by atoms with Gasteiger partial charge in [0.2, 0.25) is 5.91 Å². The molecule has 120 valence electrons. The summed E-state index contributed by atoms with van der Waals surface area (Å²) in [6, 6.07) is 4.54. The van der Waals surface area contributed by atoms with Gasteiger partial charge in [-0.15, -0.1) is 0 Å². The molecule has 0 unspecified atom stereocenters. The van der Waals surface area contributed by atoms with E-state index < -0.39 is 29.6 Å². The van der Waals surface area contributed by atoms with E-state index >= 15 is 0 Å². The number of halogens is 1. The second-order valence-corrected chi connectivity index (χ2v) is 6.57. The van der Waals surface area contributed by atoms with Gasteiger partial charge in [-0.1, -0.05) is 15.9 Å². The van der Waals surface area contributed by atoms with E-state index in [0.29, 0.717) is 17.3 Å². The van der Waals surface area contributed by atoms with Gasteiger partial charge >= 0.3 is 5.97 Å². The van der Waals surface area contributed by atoms with Gasteiger partial charge in [0, 0.05) is 10.5 Å². The first-order chi connectivity index (χ1) is 10.9. The highest BCUT2D eigenvalue weighted by Crippen LogP contribution is 2.28. The maximum absolute atomic E-state index is 12.2. The van der Waals surface area contributed by atoms with Crippen molar-refractivity contribution in [3.05, 3.63) is 33.8 Å². The van der Waals surface area contributed by atoms with Crippen LogP contribution in [0.3, 0.4) is 0 Å². The molecule has 1 heterocycles. The van der Waals surface area contributed by atoms with Crippen LogP contribution in [0.4, 0.5) is 0 Å². The predicted octanol–water partition coefficient (Wildman–Crippen LogP) is 1.02. The molecule has 1 aromatic carbocycles. The lowest BCUT2D eigenvalue weighted by molar-refractivity contribution is -0.146. The topological polar surface area (TPSA) is 104 Å². The number of carbonyl (C=O) groups is 4. The molecule has 0 radical (unpaired) electrons. The number of imide groups is 1. The van der Waals surface area contributed by atoms with Crippen molar-refractivity contribution in [1.29, 1.82) is 0 Å². The highest BCUT2D eigenvalue weighted by atomic mass is 79.9. The van der Waals surface area contributed by atoms with E-state index in [4.69, 9.17) is 5.11 Å². The Balaban J connectivity index is 1.61. The summed E-state index contributed by atoms with van der Waals surface area (Å²) in [6.45, 7) is -0.363. The molecule has 1 aromatic rings. The SMILES string of the molecule is O=C(CN1C(=O)c2ccc(Br)cc2C1=O)NC1CC(C(=O)O)C1. The van der Waals surface area contributed by atoms with E-state index in [2.05, 4.69) is 21.2 Å². The number of hydrogen-bond acceptors (Lipinski definition) is 4. The van der Waals surface area contributed by atoms with Crippen molar-refractivity contribution < 1.29 is 24.3 Å². The fourth-order valence-electron chi connectivity index (χ4n) is 2.76. The summed E-state index contributed by atoms with van der Waals surface area (Å²) in [4.78, 5) is 48.0. The Morgan fingerprint density at radius 3 is 2.52 bits per heavy atom. The van der Waals surface area contributed by atoms with Crippen LogP contribution in [-0.4, -0.2) is 46.3 Å². The minimum absolute atomic E-state index is 0.215. The number of fused-ring (bicyclic) bond motifs is 1. The molecular formula is C15H13BrN2O5. The largest absolute Gasteiger partial charge is 0.481 e. The lowest BCUT2D eigenvalue weighted by Gasteiger charge is -2.33. The quantitative estimate of drug-likeness (QED) is 0.759. The number of carboxylic acid groups (broad SMARTS) is 1. The second-order valence-electron chi connectivity index (χ2n) is 5.66. The van der Waals surface area contributed by atoms with E-state index in [9.17, 15) is 19.2 Å². The molecule has 0 aromatic heterocycles. The van der Waals surface area contributed by atoms with Gasteiger partial charge in [0.05, 0.1) is 17.0 Å². The Morgan fingerprint density at radius 1 is 1.22 bits per heavy atom. The van der Waals surface area contributed by atoms with Crippen molar-refractivity contribution >= 4 is 39.6 Å². The van der Waals surface area contributed by atoms with Crippen LogP contribution in [0.5, 0.6) is 0 Å². The van der Waals surface area contributed by atoms with Crippen LogP contribution >= 0.6 is 15.9 Å². The monoisotopic (exact) mass is 380 g/mol. The smallest absolute Gasteiger partial charge is 0.306 e. The van der Waals surface area contributed by atoms with Gasteiger partial charge < -0.3 is 10.4 Å². The van der Waals surface area contributed by atoms with Gasteiger partial charge in [-0.3, -0.25) is 24.1 Å². The zero-order valence-electron chi connectivity index (χ0n) is 11.9. The maximum atomic E-state index is 12.2. The molecule has 7 nitrogen and oxygen atoms in total. The molecule has 0 atom stereocenters. The molecular weight excluding hydrogens is 368 g/mol. The van der Waals surface area contributed by atoms with Crippen LogP contribution in [0.2, 0.25) is 0 Å². The number of aliphatic carboxylic acids is 1. The highest BCUT2D eigenvalue weighted by Gasteiger charge is 2.39. The summed E-state index contributed by atoms with van der Waals surface area (Å²) in [5, 5.41) is 11.4. The first kappa shape index (κ1) is 15.7. The standard InChI is InChI=1S/C15H13BrN2O5/c16-8-1-2-10-11(5-8)14(21)18(13(10)20)6-12(19)17-9-3-7(4-9)15(22)23/h1-2,5,7,9H,3-4,6H2,(H,17,19)(H,22,23). The number of carbonyl (C=O) groups excluding carboxylic acids is 3. The third-order valence-electron chi connectivity index (χ3n) is 4.09. The average Bonchev–Trinajstić information content (AvgIpc) is 2.67. The van der Waals surface area contributed by atoms with E-state index in [0.717, 1.165) is 4.90 Å². The molecule has 2 aliphatic rings. The summed E-state index contributed by atoms with van der Waals surface area (Å²) in [6.07, 6.45) is 0.742. The molecule has 1 aliphatic carbocycles. The number of carboxylic acids is 1. The van der Waals surface area contributed by atoms with Crippen molar-refractivity contribution in [3.8, 4) is 0 Å². The van der Waals surface area contributed by atoms with Crippen LogP contribution in [0.25, 0.3) is 0 Å². The summed E-state index contributed by atoms with van der Waals surface area (Å²) in [7, 11) is 0. The fourth-order valence-corrected chi connectivity index (χ4v) is 3.12. The highest BCUT2D eigenvalue weighted by molar-refractivity contribution is 9.10. The zero-order chi connectivity index (χ0) is 16.7. The molecule has 3 rings (SSSR count). The average molecular weight is 381 g/mol. The van der Waals surface area contributed by atoms with E-state index in [1.807, 2.05) is 0 Å². The fraction of sp³-hybridized carbons (Fsp3) is 0.333. The van der Waals surface area contributed by atoms with Gasteiger partial charge in [-0.05, 0) is 31.0 Å². The lowest BCUT2D eigenvalue weighted by Crippen LogP contribution is -2.50. The molecule has 0 spiro atoms. The van der Waals surface area contributed by atoms with Crippen LogP contribution in [0.15, 0.2) is 22.7 Å². The first-order valence-electron chi connectivity index (χ1n) is 7.04. The predicted molar refractivity (Wildman–Crippen MR) is 81.8 cm³/mol. The first-order valence-corrected chi connectivity index (χ1v) is 7.84. The Kier molecular flexibility index (Phi) is 3.93. The van der Waals surface area contributed by atoms with Crippen molar-refractivity contribution in [3.63, 3.8) is 0 Å². The second kappa shape index (κ2) is 5.77. The van der Waals surface area contributed by atoms with Crippen LogP contribution in [0, 0.1) is 5.92 Å². The van der Waals surface area contributed by atoms with Crippen molar-refractivity contribution in [2.45, 2.75) is 18.9 Å². The van der Waals surface area contributed by atoms with E-state index in [-0.39, 0.29) is 23.7 Å². The Bertz CT molecular complexity index is 727. The minimum atomic E-state index is -0.874. The number of benzene rings is 1. The Hall–Kier alpha value is -2.22. The Morgan fingerprint density at radius 2 is 1.87 bits per heavy atom. The molecule has 0 saturated heterocycles. The maximum Gasteiger partial charge on any atom is 0.306 e. The minimum Gasteiger partial charge on any atom is -0.481 e. The van der Waals surface area contributed by atoms with Gasteiger partial charge in [0.1, 0.15) is 6.54 Å². The zero-order valence-corrected chi connectivity index (χ0v) is 13.5. The van der Waals surface area contributed by atoms with Crippen molar-refractivity contribution in [2.75, 3.05) is 6.54 Å². The Labute approximate surface area is 139 Å². The van der Waals surface area contributed by atoms with Gasteiger partial charge in [-0.25, -0.2) is 0 Å². The van der Waals surface area contributed by atoms with Crippen molar-refractivity contribution in [1.82, 2.24) is 10.2 Å². The molecule has 1 aliphatic heterocycles. The number of hydrogen-bond donors (Lipinski definition) is 2. The number of rotatable bonds is 4. The molecule has 1 fully saturated rings. The third kappa shape index (κ3) is 2.86. The summed E-state index contributed by atoms with van der Waals surface area (Å²) >= 11 is 3.24. The molecule has 2 N–H and O–H groups in total. The summed E-state index contributed by atoms with van der Waals surface area (Å²) in [5.41, 5.74) is 0.548. The van der Waals surface area contributed by atoms with Gasteiger partial charge in [0.25, 0.3) is 11.8 Å². The number of amides is 3. The summed E-state index contributed by atoms with van der Waals surface area (Å²) < 4.78 is 0.679. The van der Waals surface area contributed by atoms with E-state index in [1.54, 1.807) is 18.2 Å². The van der Waals surface area contributed by atoms with Crippen molar-refractivity contribution in [2.24, 2.45) is 5.92 Å². The molecule has 23 heavy (non-hydrogen) atoms. The lowest BCUT2D eigenvalue weighted by atomic mass is 9.80. The van der Waals surface area contributed by atoms with Gasteiger partial charge in [0.15, 0.2) is 0 Å². The summed E-state index contributed by atoms with van der Waals surface area (Å²) in [5.74, 6) is -2.77. The van der Waals surface area contributed by atoms with E-state index in [1.165, 1.54) is 0 Å². The molecule has 8 heteroatoms. The van der Waals surface area contributed by atoms with Gasteiger partial charge in [-0.2, -0.15) is 0 Å². The third-order valence-corrected chi connectivity index (χ3v) is 4.58. The van der Waals surface area contributed by atoms with Crippen LogP contribution < -0.4 is 5.32 Å². The van der Waals surface area contributed by atoms with Crippen LogP contribution in [0.1, 0.15) is 33.6 Å². The number of nitrogens with zero attached hydrogens (tertiary/aromatic N) is 1. The normalized spacial score (nSPS) is 22.6. The molecule has 3 amide bonds. The molecule has 1 saturated carbocycles. The number of nitrogens with one attached hydrogen (secondary N) is 1.